The molecule has 0 aliphatic heterocycles. The van der Waals surface area contributed by atoms with Gasteiger partial charge in [0.2, 0.25) is 5.91 Å². The zero-order chi connectivity index (χ0) is 13.7. The molecule has 0 bridgehead atoms. The maximum Gasteiger partial charge on any atom is 0.326 e. The van der Waals surface area contributed by atoms with Crippen LogP contribution in [0, 0.1) is 5.92 Å². The van der Waals surface area contributed by atoms with Crippen molar-refractivity contribution in [1.82, 2.24) is 10.2 Å². The van der Waals surface area contributed by atoms with E-state index in [9.17, 15) is 14.4 Å². The number of aliphatic carboxylic acids is 1. The number of nitrogens with zero attached hydrogens (tertiary/aromatic N) is 1. The monoisotopic (exact) mass is 257 g/mol. The maximum atomic E-state index is 11.7. The van der Waals surface area contributed by atoms with Crippen molar-refractivity contribution in [2.45, 2.75) is 31.7 Å². The van der Waals surface area contributed by atoms with Gasteiger partial charge in [-0.15, -0.1) is 0 Å². The molecule has 7 nitrogen and oxygen atoms in total. The summed E-state index contributed by atoms with van der Waals surface area (Å²) in [6, 6.07) is -1.76. The summed E-state index contributed by atoms with van der Waals surface area (Å²) in [5.41, 5.74) is 4.93. The summed E-state index contributed by atoms with van der Waals surface area (Å²) in [5.74, 6) is -1.52. The van der Waals surface area contributed by atoms with Crippen molar-refractivity contribution in [3.63, 3.8) is 0 Å². The number of urea groups is 1. The van der Waals surface area contributed by atoms with Gasteiger partial charge in [-0.25, -0.2) is 9.59 Å². The first-order chi connectivity index (χ1) is 8.40. The van der Waals surface area contributed by atoms with Gasteiger partial charge in [0.1, 0.15) is 6.04 Å². The number of hydrogen-bond acceptors (Lipinski definition) is 3. The van der Waals surface area contributed by atoms with E-state index in [1.807, 2.05) is 0 Å². The number of nitrogens with one attached hydrogen (secondary N) is 1. The Morgan fingerprint density at radius 2 is 2.06 bits per heavy atom. The second kappa shape index (κ2) is 6.23. The van der Waals surface area contributed by atoms with Gasteiger partial charge in [-0.2, -0.15) is 0 Å². The van der Waals surface area contributed by atoms with Gasteiger partial charge in [-0.05, 0) is 18.8 Å². The molecule has 0 spiro atoms. The van der Waals surface area contributed by atoms with Crippen LogP contribution < -0.4 is 11.1 Å². The zero-order valence-electron chi connectivity index (χ0n) is 10.4. The summed E-state index contributed by atoms with van der Waals surface area (Å²) in [6.45, 7) is 0.606. The van der Waals surface area contributed by atoms with Crippen molar-refractivity contribution in [3.05, 3.63) is 0 Å². The summed E-state index contributed by atoms with van der Waals surface area (Å²) in [4.78, 5) is 34.7. The van der Waals surface area contributed by atoms with Crippen LogP contribution in [0.5, 0.6) is 0 Å². The molecule has 1 fully saturated rings. The van der Waals surface area contributed by atoms with Crippen LogP contribution in [0.25, 0.3) is 0 Å². The Balaban J connectivity index is 2.43. The predicted molar refractivity (Wildman–Crippen MR) is 63.7 cm³/mol. The van der Waals surface area contributed by atoms with Gasteiger partial charge in [-0.3, -0.25) is 4.79 Å². The predicted octanol–water partition coefficient (Wildman–Crippen LogP) is -0.243. The number of carbonyl (C=O) groups is 3. The summed E-state index contributed by atoms with van der Waals surface area (Å²) in [6.07, 6.45) is 2.97. The average Bonchev–Trinajstić information content (AvgIpc) is 2.21. The fourth-order valence-corrected chi connectivity index (χ4v) is 1.81. The van der Waals surface area contributed by atoms with Crippen LogP contribution in [0.1, 0.15) is 25.7 Å². The van der Waals surface area contributed by atoms with E-state index in [1.165, 1.54) is 11.3 Å². The highest BCUT2D eigenvalue weighted by Gasteiger charge is 2.26. The number of hydrogen-bond donors (Lipinski definition) is 3. The van der Waals surface area contributed by atoms with E-state index >= 15 is 0 Å². The topological polar surface area (TPSA) is 113 Å². The number of nitrogens with two attached hydrogens (primary N) is 1. The van der Waals surface area contributed by atoms with Gasteiger partial charge < -0.3 is 21.1 Å². The van der Waals surface area contributed by atoms with E-state index in [-0.39, 0.29) is 0 Å². The lowest BCUT2D eigenvalue weighted by Gasteiger charge is -2.30. The minimum absolute atomic E-state index is 0.404. The molecule has 0 unspecified atom stereocenters. The molecule has 0 aromatic carbocycles. The Hall–Kier alpha value is -1.79. The Bertz CT molecular complexity index is 341. The van der Waals surface area contributed by atoms with Crippen LogP contribution >= 0.6 is 0 Å². The number of carboxylic acids is 1. The van der Waals surface area contributed by atoms with E-state index in [0.717, 1.165) is 12.8 Å². The maximum absolute atomic E-state index is 11.7. The van der Waals surface area contributed by atoms with Crippen molar-refractivity contribution in [2.75, 3.05) is 13.6 Å². The number of carboxylic acid groups (broad SMARTS) is 1. The van der Waals surface area contributed by atoms with Crippen LogP contribution in [0.3, 0.4) is 0 Å². The third-order valence-corrected chi connectivity index (χ3v) is 3.10. The van der Waals surface area contributed by atoms with Crippen molar-refractivity contribution < 1.29 is 19.5 Å². The third kappa shape index (κ3) is 4.23. The molecule has 0 radical (unpaired) electrons. The standard InChI is InChI=1S/C11H19N3O4/c1-14(6-7-3-2-4-7)11(18)13-8(10(16)17)5-9(12)15/h7-8H,2-6H2,1H3,(H2,12,15)(H,13,18)(H,16,17)/t8-/m0/s1. The average molecular weight is 257 g/mol. The van der Waals surface area contributed by atoms with Crippen LogP contribution in [0.2, 0.25) is 0 Å². The molecule has 18 heavy (non-hydrogen) atoms. The highest BCUT2D eigenvalue weighted by molar-refractivity contribution is 5.87. The molecule has 3 amide bonds. The molecule has 4 N–H and O–H groups in total. The SMILES string of the molecule is CN(CC1CCC1)C(=O)N[C@@H](CC(N)=O)C(=O)O. The molecule has 0 heterocycles. The quantitative estimate of drug-likeness (QED) is 0.609. The van der Waals surface area contributed by atoms with Crippen molar-refractivity contribution in [1.29, 1.82) is 0 Å². The first-order valence-electron chi connectivity index (χ1n) is 5.93. The van der Waals surface area contributed by atoms with Gasteiger partial charge in [0.15, 0.2) is 0 Å². The molecule has 1 saturated carbocycles. The normalized spacial score (nSPS) is 16.5. The second-order valence-electron chi connectivity index (χ2n) is 4.69. The molecule has 0 saturated heterocycles. The largest absolute Gasteiger partial charge is 0.480 e. The van der Waals surface area contributed by atoms with Crippen LogP contribution in [-0.2, 0) is 9.59 Å². The lowest BCUT2D eigenvalue weighted by atomic mass is 9.85. The third-order valence-electron chi connectivity index (χ3n) is 3.10. The lowest BCUT2D eigenvalue weighted by molar-refractivity contribution is -0.140. The molecule has 102 valence electrons. The summed E-state index contributed by atoms with van der Waals surface area (Å²) in [7, 11) is 1.61. The van der Waals surface area contributed by atoms with E-state index in [2.05, 4.69) is 5.32 Å². The van der Waals surface area contributed by atoms with Crippen molar-refractivity contribution in [2.24, 2.45) is 11.7 Å². The van der Waals surface area contributed by atoms with Gasteiger partial charge in [0, 0.05) is 13.6 Å². The first kappa shape index (κ1) is 14.3. The minimum Gasteiger partial charge on any atom is -0.480 e. The van der Waals surface area contributed by atoms with E-state index in [0.29, 0.717) is 12.5 Å². The molecule has 0 aromatic heterocycles. The minimum atomic E-state index is -1.26. The molecule has 1 aliphatic carbocycles. The highest BCUT2D eigenvalue weighted by atomic mass is 16.4. The summed E-state index contributed by atoms with van der Waals surface area (Å²) >= 11 is 0. The van der Waals surface area contributed by atoms with Gasteiger partial charge >= 0.3 is 12.0 Å². The van der Waals surface area contributed by atoms with Crippen LogP contribution in [0.4, 0.5) is 4.79 Å². The highest BCUT2D eigenvalue weighted by Crippen LogP contribution is 2.26. The van der Waals surface area contributed by atoms with E-state index < -0.39 is 30.4 Å². The molecular weight excluding hydrogens is 238 g/mol. The fourth-order valence-electron chi connectivity index (χ4n) is 1.81. The summed E-state index contributed by atoms with van der Waals surface area (Å²) in [5, 5.41) is 11.1. The second-order valence-corrected chi connectivity index (χ2v) is 4.69. The van der Waals surface area contributed by atoms with Crippen LogP contribution in [-0.4, -0.2) is 47.5 Å². The number of amides is 3. The lowest BCUT2D eigenvalue weighted by Crippen LogP contribution is -2.49. The Kier molecular flexibility index (Phi) is 4.94. The fraction of sp³-hybridized carbons (Fsp3) is 0.727. The molecule has 1 atom stereocenters. The molecule has 1 rings (SSSR count). The van der Waals surface area contributed by atoms with Crippen LogP contribution in [0.15, 0.2) is 0 Å². The molecule has 0 aromatic rings. The van der Waals surface area contributed by atoms with Crippen molar-refractivity contribution >= 4 is 17.9 Å². The Morgan fingerprint density at radius 1 is 1.44 bits per heavy atom. The Morgan fingerprint density at radius 3 is 2.44 bits per heavy atom. The Labute approximate surface area is 105 Å². The van der Waals surface area contributed by atoms with E-state index in [1.54, 1.807) is 7.05 Å². The smallest absolute Gasteiger partial charge is 0.326 e. The number of primary amides is 1. The summed E-state index contributed by atoms with van der Waals surface area (Å²) < 4.78 is 0. The van der Waals surface area contributed by atoms with Gasteiger partial charge in [0.05, 0.1) is 6.42 Å². The van der Waals surface area contributed by atoms with Crippen molar-refractivity contribution in [3.8, 4) is 0 Å². The number of carbonyl (C=O) groups excluding carboxylic acids is 2. The molecular formula is C11H19N3O4. The molecule has 1 aliphatic rings. The van der Waals surface area contributed by atoms with E-state index in [4.69, 9.17) is 10.8 Å². The van der Waals surface area contributed by atoms with Gasteiger partial charge in [0.25, 0.3) is 0 Å². The molecule has 7 heteroatoms. The first-order valence-corrected chi connectivity index (χ1v) is 5.93. The zero-order valence-corrected chi connectivity index (χ0v) is 10.4. The van der Waals surface area contributed by atoms with Gasteiger partial charge in [-0.1, -0.05) is 6.42 Å². The number of rotatable bonds is 6.